The summed E-state index contributed by atoms with van der Waals surface area (Å²) in [5.74, 6) is -1.09. The van der Waals surface area contributed by atoms with Crippen LogP contribution in [-0.4, -0.2) is 35.2 Å². The van der Waals surface area contributed by atoms with Crippen molar-refractivity contribution in [2.45, 2.75) is 24.0 Å². The Labute approximate surface area is 167 Å². The number of anilines is 1. The molecule has 2 atom stereocenters. The van der Waals surface area contributed by atoms with E-state index in [1.54, 1.807) is 12.1 Å². The van der Waals surface area contributed by atoms with Crippen molar-refractivity contribution in [3.8, 4) is 11.5 Å². The molecule has 6 nitrogen and oxygen atoms in total. The van der Waals surface area contributed by atoms with Crippen molar-refractivity contribution in [2.75, 3.05) is 11.1 Å². The molecule has 2 heterocycles. The first-order chi connectivity index (χ1) is 13.8. The van der Waals surface area contributed by atoms with Crippen LogP contribution in [0.5, 0.6) is 11.5 Å². The zero-order chi connectivity index (χ0) is 20.6. The van der Waals surface area contributed by atoms with Gasteiger partial charge in [-0.05, 0) is 36.2 Å². The smallest absolute Gasteiger partial charge is 0.395 e. The summed E-state index contributed by atoms with van der Waals surface area (Å²) in [6, 6.07) is 9.01. The summed E-state index contributed by atoms with van der Waals surface area (Å²) in [7, 11) is 0. The highest BCUT2D eigenvalue weighted by atomic mass is 32.2. The van der Waals surface area contributed by atoms with Gasteiger partial charge in [0.25, 0.3) is 0 Å². The standard InChI is InChI=1S/C19H15F3N2O4S/c20-11-3-1-10(2-4-11)7-16-18(26)24-13(9-29-16)17(25)23-12-5-6-14-15(8-12)28-19(21,22)27-14/h1-6,8,13,16H,7,9H2,(H,23,25)(H,24,26)/t13-,16+/m0/s1. The quantitative estimate of drug-likeness (QED) is 0.790. The number of amides is 2. The fourth-order valence-electron chi connectivity index (χ4n) is 2.98. The van der Waals surface area contributed by atoms with Gasteiger partial charge in [-0.1, -0.05) is 12.1 Å². The van der Waals surface area contributed by atoms with Crippen LogP contribution in [0, 0.1) is 5.82 Å². The molecule has 29 heavy (non-hydrogen) atoms. The Hall–Kier alpha value is -2.88. The number of nitrogens with one attached hydrogen (secondary N) is 2. The van der Waals surface area contributed by atoms with Crippen molar-refractivity contribution < 1.29 is 32.2 Å². The van der Waals surface area contributed by atoms with E-state index < -0.39 is 23.5 Å². The molecule has 0 radical (unpaired) electrons. The molecule has 152 valence electrons. The normalized spacial score (nSPS) is 22.1. The fraction of sp³-hybridized carbons (Fsp3) is 0.263. The maximum atomic E-state index is 13.1. The summed E-state index contributed by atoms with van der Waals surface area (Å²) in [6.45, 7) is 0. The number of hydrogen-bond acceptors (Lipinski definition) is 5. The predicted molar refractivity (Wildman–Crippen MR) is 99.6 cm³/mol. The third kappa shape index (κ3) is 4.42. The summed E-state index contributed by atoms with van der Waals surface area (Å²) in [6.07, 6.45) is -3.32. The number of ether oxygens (including phenoxy) is 2. The van der Waals surface area contributed by atoms with E-state index in [9.17, 15) is 22.8 Å². The molecule has 10 heteroatoms. The second kappa shape index (κ2) is 7.51. The SMILES string of the molecule is O=C(Nc1ccc2c(c1)OC(F)(F)O2)[C@@H]1CS[C@H](Cc2ccc(F)cc2)C(=O)N1. The molecule has 0 spiro atoms. The zero-order valence-corrected chi connectivity index (χ0v) is 15.6. The molecule has 2 aliphatic heterocycles. The first kappa shape index (κ1) is 19.4. The summed E-state index contributed by atoms with van der Waals surface area (Å²) < 4.78 is 47.8. The van der Waals surface area contributed by atoms with Gasteiger partial charge in [-0.2, -0.15) is 0 Å². The summed E-state index contributed by atoms with van der Waals surface area (Å²) in [4.78, 5) is 24.8. The topological polar surface area (TPSA) is 76.7 Å². The van der Waals surface area contributed by atoms with Crippen LogP contribution in [0.15, 0.2) is 42.5 Å². The number of halogens is 3. The number of carbonyl (C=O) groups is 2. The molecule has 0 aromatic heterocycles. The van der Waals surface area contributed by atoms with Gasteiger partial charge >= 0.3 is 6.29 Å². The van der Waals surface area contributed by atoms with Crippen LogP contribution in [0.1, 0.15) is 5.56 Å². The van der Waals surface area contributed by atoms with Gasteiger partial charge in [-0.15, -0.1) is 20.5 Å². The summed E-state index contributed by atoms with van der Waals surface area (Å²) in [5.41, 5.74) is 1.06. The molecule has 2 N–H and O–H groups in total. The average molecular weight is 424 g/mol. The van der Waals surface area contributed by atoms with Crippen molar-refractivity contribution in [1.82, 2.24) is 5.32 Å². The molecule has 1 saturated heterocycles. The lowest BCUT2D eigenvalue weighted by atomic mass is 10.1. The van der Waals surface area contributed by atoms with Crippen LogP contribution >= 0.6 is 11.8 Å². The van der Waals surface area contributed by atoms with Crippen LogP contribution in [0.4, 0.5) is 18.9 Å². The lowest BCUT2D eigenvalue weighted by Crippen LogP contribution is -2.52. The third-order valence-electron chi connectivity index (χ3n) is 4.39. The van der Waals surface area contributed by atoms with E-state index in [0.717, 1.165) is 5.56 Å². The summed E-state index contributed by atoms with van der Waals surface area (Å²) in [5, 5.41) is 4.84. The lowest BCUT2D eigenvalue weighted by Gasteiger charge is -2.28. The van der Waals surface area contributed by atoms with Crippen molar-refractivity contribution >= 4 is 29.3 Å². The molecular weight excluding hydrogens is 409 g/mol. The van der Waals surface area contributed by atoms with E-state index >= 15 is 0 Å². The van der Waals surface area contributed by atoms with Gasteiger partial charge in [-0.3, -0.25) is 9.59 Å². The Kier molecular flexibility index (Phi) is 5.03. The van der Waals surface area contributed by atoms with Crippen LogP contribution in [0.3, 0.4) is 0 Å². The van der Waals surface area contributed by atoms with E-state index in [4.69, 9.17) is 0 Å². The first-order valence-corrected chi connectivity index (χ1v) is 9.71. The molecule has 0 unspecified atom stereocenters. The number of hydrogen-bond donors (Lipinski definition) is 2. The molecule has 2 aliphatic rings. The van der Waals surface area contributed by atoms with Gasteiger partial charge in [0.1, 0.15) is 11.9 Å². The number of carbonyl (C=O) groups excluding carboxylic acids is 2. The van der Waals surface area contributed by atoms with Crippen molar-refractivity contribution in [1.29, 1.82) is 0 Å². The average Bonchev–Trinajstić information content (AvgIpc) is 2.98. The largest absolute Gasteiger partial charge is 0.586 e. The van der Waals surface area contributed by atoms with Gasteiger partial charge in [0.2, 0.25) is 11.8 Å². The molecule has 2 amide bonds. The molecule has 1 fully saturated rings. The Bertz CT molecular complexity index is 955. The third-order valence-corrected chi connectivity index (χ3v) is 5.70. The second-order valence-electron chi connectivity index (χ2n) is 6.53. The van der Waals surface area contributed by atoms with E-state index in [-0.39, 0.29) is 28.9 Å². The first-order valence-electron chi connectivity index (χ1n) is 8.66. The highest BCUT2D eigenvalue weighted by Crippen LogP contribution is 2.42. The molecule has 0 saturated carbocycles. The maximum absolute atomic E-state index is 13.1. The van der Waals surface area contributed by atoms with E-state index in [2.05, 4.69) is 20.1 Å². The minimum Gasteiger partial charge on any atom is -0.395 e. The van der Waals surface area contributed by atoms with Gasteiger partial charge in [0, 0.05) is 17.5 Å². The Morgan fingerprint density at radius 3 is 2.62 bits per heavy atom. The van der Waals surface area contributed by atoms with Gasteiger partial charge < -0.3 is 20.1 Å². The van der Waals surface area contributed by atoms with Gasteiger partial charge in [0.15, 0.2) is 11.5 Å². The fourth-order valence-corrected chi connectivity index (χ4v) is 4.17. The number of thioether (sulfide) groups is 1. The van der Waals surface area contributed by atoms with Crippen molar-refractivity contribution in [2.24, 2.45) is 0 Å². The van der Waals surface area contributed by atoms with E-state index in [1.807, 2.05) is 0 Å². The molecule has 0 bridgehead atoms. The monoisotopic (exact) mass is 424 g/mol. The van der Waals surface area contributed by atoms with Crippen molar-refractivity contribution in [3.05, 3.63) is 53.8 Å². The second-order valence-corrected chi connectivity index (χ2v) is 7.77. The highest BCUT2D eigenvalue weighted by Gasteiger charge is 2.43. The molecule has 0 aliphatic carbocycles. The van der Waals surface area contributed by atoms with Crippen LogP contribution in [0.25, 0.3) is 0 Å². The van der Waals surface area contributed by atoms with Crippen LogP contribution in [-0.2, 0) is 16.0 Å². The Morgan fingerprint density at radius 1 is 1.17 bits per heavy atom. The minimum absolute atomic E-state index is 0.127. The molecular formula is C19H15F3N2O4S. The zero-order valence-electron chi connectivity index (χ0n) is 14.8. The maximum Gasteiger partial charge on any atom is 0.586 e. The molecule has 2 aromatic rings. The Morgan fingerprint density at radius 2 is 1.90 bits per heavy atom. The number of rotatable bonds is 4. The van der Waals surface area contributed by atoms with E-state index in [0.29, 0.717) is 12.2 Å². The summed E-state index contributed by atoms with van der Waals surface area (Å²) >= 11 is 1.33. The van der Waals surface area contributed by atoms with Crippen molar-refractivity contribution in [3.63, 3.8) is 0 Å². The number of alkyl halides is 2. The van der Waals surface area contributed by atoms with Crippen LogP contribution < -0.4 is 20.1 Å². The highest BCUT2D eigenvalue weighted by molar-refractivity contribution is 8.00. The van der Waals surface area contributed by atoms with Gasteiger partial charge in [0.05, 0.1) is 5.25 Å². The Balaban J connectivity index is 1.34. The predicted octanol–water partition coefficient (Wildman–Crippen LogP) is 2.93. The number of benzene rings is 2. The minimum atomic E-state index is -3.74. The van der Waals surface area contributed by atoms with E-state index in [1.165, 1.54) is 42.1 Å². The molecule has 2 aromatic carbocycles. The lowest BCUT2D eigenvalue weighted by molar-refractivity contribution is -0.286. The number of fused-ring (bicyclic) bond motifs is 1. The van der Waals surface area contributed by atoms with Crippen LogP contribution in [0.2, 0.25) is 0 Å². The van der Waals surface area contributed by atoms with Gasteiger partial charge in [-0.25, -0.2) is 4.39 Å². The molecule has 4 rings (SSSR count).